The maximum Gasteiger partial charge on any atom is 0.238 e. The summed E-state index contributed by atoms with van der Waals surface area (Å²) in [5.41, 5.74) is 4.59. The minimum Gasteiger partial charge on any atom is -0.371 e. The van der Waals surface area contributed by atoms with Crippen molar-refractivity contribution in [1.82, 2.24) is 14.2 Å². The van der Waals surface area contributed by atoms with Gasteiger partial charge in [0.05, 0.1) is 29.2 Å². The van der Waals surface area contributed by atoms with E-state index in [0.717, 1.165) is 40.9 Å². The van der Waals surface area contributed by atoms with Crippen LogP contribution in [0.2, 0.25) is 0 Å². The van der Waals surface area contributed by atoms with Gasteiger partial charge in [0.25, 0.3) is 0 Å². The molecule has 0 spiro atoms. The second-order valence-corrected chi connectivity index (χ2v) is 13.2. The minimum atomic E-state index is -1.49. The summed E-state index contributed by atoms with van der Waals surface area (Å²) in [7, 11) is 0.266. The first-order chi connectivity index (χ1) is 18.0. The standard InChI is InChI=1S/C30H40N4O3S/c1-21-9-10-22-18-26(31-25(22)17-21)24-19-23(11-12-27(24)33-13-7-8-14-33)38(36)32(6)20-28(35)34-15-16-37-30(4,5)29(34,2)3/h9-12,17-19,31H,7-8,13-16,20H2,1-6H3. The van der Waals surface area contributed by atoms with Crippen LogP contribution in [0.3, 0.4) is 0 Å². The second-order valence-electron chi connectivity index (χ2n) is 11.6. The number of aromatic amines is 1. The molecule has 0 saturated carbocycles. The van der Waals surface area contributed by atoms with E-state index in [4.69, 9.17) is 4.74 Å². The number of likely N-dealkylation sites (N-methyl/N-ethyl adjacent to an activating group) is 1. The van der Waals surface area contributed by atoms with Crippen LogP contribution in [0.5, 0.6) is 0 Å². The molecule has 1 amide bonds. The van der Waals surface area contributed by atoms with Gasteiger partial charge in [0.2, 0.25) is 5.91 Å². The number of aromatic nitrogens is 1. The zero-order chi connectivity index (χ0) is 27.2. The predicted octanol–water partition coefficient (Wildman–Crippen LogP) is 5.11. The molecule has 7 nitrogen and oxygen atoms in total. The summed E-state index contributed by atoms with van der Waals surface area (Å²) in [6.45, 7) is 13.3. The number of aryl methyl sites for hydroxylation is 1. The van der Waals surface area contributed by atoms with Gasteiger partial charge >= 0.3 is 0 Å². The number of ether oxygens (including phenoxy) is 1. The molecule has 38 heavy (non-hydrogen) atoms. The Hall–Kier alpha value is -2.68. The summed E-state index contributed by atoms with van der Waals surface area (Å²) in [6, 6.07) is 14.7. The Bertz CT molecular complexity index is 1370. The number of morpholine rings is 1. The summed E-state index contributed by atoms with van der Waals surface area (Å²) >= 11 is 0. The molecule has 1 unspecified atom stereocenters. The number of carbonyl (C=O) groups is 1. The lowest BCUT2D eigenvalue weighted by Crippen LogP contribution is -2.66. The second kappa shape index (κ2) is 10.1. The van der Waals surface area contributed by atoms with Crippen molar-refractivity contribution in [3.63, 3.8) is 0 Å². The lowest BCUT2D eigenvalue weighted by molar-refractivity contribution is -0.181. The van der Waals surface area contributed by atoms with Gasteiger partial charge in [-0.3, -0.25) is 4.79 Å². The van der Waals surface area contributed by atoms with Crippen LogP contribution in [0.1, 0.15) is 46.1 Å². The number of rotatable bonds is 6. The molecule has 0 bridgehead atoms. The largest absolute Gasteiger partial charge is 0.371 e. The average Bonchev–Trinajstić information content (AvgIpc) is 3.54. The first-order valence-corrected chi connectivity index (χ1v) is 14.6. The maximum atomic E-state index is 13.7. The number of nitrogens with one attached hydrogen (secondary N) is 1. The van der Waals surface area contributed by atoms with Crippen LogP contribution in [-0.4, -0.2) is 75.3 Å². The number of H-pyrrole nitrogens is 1. The van der Waals surface area contributed by atoms with Gasteiger partial charge in [0.15, 0.2) is 0 Å². The van der Waals surface area contributed by atoms with E-state index < -0.39 is 22.1 Å². The van der Waals surface area contributed by atoms with Crippen molar-refractivity contribution in [2.75, 3.05) is 44.7 Å². The van der Waals surface area contributed by atoms with Crippen LogP contribution in [0, 0.1) is 6.92 Å². The number of anilines is 1. The molecule has 0 radical (unpaired) electrons. The molecule has 1 N–H and O–H groups in total. The molecule has 3 aromatic rings. The van der Waals surface area contributed by atoms with Gasteiger partial charge in [0, 0.05) is 54.5 Å². The van der Waals surface area contributed by atoms with Crippen molar-refractivity contribution >= 4 is 33.5 Å². The van der Waals surface area contributed by atoms with Crippen molar-refractivity contribution < 1.29 is 13.7 Å². The topological polar surface area (TPSA) is 68.9 Å². The number of carbonyl (C=O) groups excluding carboxylic acids is 1. The van der Waals surface area contributed by atoms with Crippen LogP contribution in [0.25, 0.3) is 22.2 Å². The molecule has 0 aliphatic carbocycles. The zero-order valence-electron chi connectivity index (χ0n) is 23.5. The molecule has 1 aromatic heterocycles. The fraction of sp³-hybridized carbons (Fsp3) is 0.500. The van der Waals surface area contributed by atoms with Gasteiger partial charge in [-0.25, -0.2) is 8.51 Å². The molecular weight excluding hydrogens is 496 g/mol. The highest BCUT2D eigenvalue weighted by molar-refractivity contribution is 7.82. The van der Waals surface area contributed by atoms with E-state index in [2.05, 4.69) is 47.1 Å². The first kappa shape index (κ1) is 26.9. The molecular formula is C30H40N4O3S. The molecule has 5 rings (SSSR count). The number of nitrogens with zero attached hydrogens (tertiary/aromatic N) is 3. The fourth-order valence-electron chi connectivity index (χ4n) is 5.58. The zero-order valence-corrected chi connectivity index (χ0v) is 24.3. The third-order valence-corrected chi connectivity index (χ3v) is 9.91. The van der Waals surface area contributed by atoms with Crippen molar-refractivity contribution in [1.29, 1.82) is 0 Å². The third kappa shape index (κ3) is 4.90. The smallest absolute Gasteiger partial charge is 0.238 e. The Balaban J connectivity index is 1.43. The van der Waals surface area contributed by atoms with E-state index in [-0.39, 0.29) is 12.5 Å². The summed E-state index contributed by atoms with van der Waals surface area (Å²) in [5, 5.41) is 1.16. The van der Waals surface area contributed by atoms with Gasteiger partial charge in [-0.15, -0.1) is 0 Å². The Labute approximate surface area is 228 Å². The van der Waals surface area contributed by atoms with Crippen molar-refractivity contribution in [3.05, 3.63) is 48.0 Å². The SMILES string of the molecule is Cc1ccc2cc(-c3cc(S(=O)N(C)CC(=O)N4CCOC(C)(C)C4(C)C)ccc3N3CCCC3)[nH]c2c1. The lowest BCUT2D eigenvalue weighted by atomic mass is 9.82. The number of fused-ring (bicyclic) bond motifs is 1. The molecule has 1 atom stereocenters. The van der Waals surface area contributed by atoms with Crippen LogP contribution < -0.4 is 4.90 Å². The molecule has 8 heteroatoms. The monoisotopic (exact) mass is 536 g/mol. The molecule has 2 fully saturated rings. The molecule has 2 aliphatic heterocycles. The summed E-state index contributed by atoms with van der Waals surface area (Å²) in [6.07, 6.45) is 2.36. The van der Waals surface area contributed by atoms with E-state index in [1.165, 1.54) is 18.4 Å². The number of benzene rings is 2. The molecule has 2 aromatic carbocycles. The van der Waals surface area contributed by atoms with E-state index in [9.17, 15) is 9.00 Å². The van der Waals surface area contributed by atoms with Gasteiger partial charge in [-0.1, -0.05) is 12.1 Å². The maximum absolute atomic E-state index is 13.7. The predicted molar refractivity (Wildman–Crippen MR) is 155 cm³/mol. The van der Waals surface area contributed by atoms with Crippen LogP contribution >= 0.6 is 0 Å². The quantitative estimate of drug-likeness (QED) is 0.475. The van der Waals surface area contributed by atoms with E-state index in [0.29, 0.717) is 18.0 Å². The fourth-order valence-corrected chi connectivity index (χ4v) is 6.57. The van der Waals surface area contributed by atoms with Gasteiger partial charge in [-0.05, 0) is 83.4 Å². The van der Waals surface area contributed by atoms with Crippen molar-refractivity contribution in [2.45, 2.75) is 63.5 Å². The number of hydrogen-bond donors (Lipinski definition) is 1. The van der Waals surface area contributed by atoms with Gasteiger partial charge in [-0.2, -0.15) is 0 Å². The number of amides is 1. The first-order valence-electron chi connectivity index (χ1n) is 13.5. The normalized spacial score (nSPS) is 19.9. The van der Waals surface area contributed by atoms with E-state index in [1.807, 2.05) is 44.7 Å². The van der Waals surface area contributed by atoms with Crippen LogP contribution in [0.4, 0.5) is 5.69 Å². The van der Waals surface area contributed by atoms with E-state index in [1.54, 1.807) is 11.4 Å². The molecule has 204 valence electrons. The summed E-state index contributed by atoms with van der Waals surface area (Å²) < 4.78 is 21.3. The third-order valence-electron chi connectivity index (χ3n) is 8.55. The highest BCUT2D eigenvalue weighted by Crippen LogP contribution is 2.37. The lowest BCUT2D eigenvalue weighted by Gasteiger charge is -2.52. The summed E-state index contributed by atoms with van der Waals surface area (Å²) in [5.74, 6) is -0.0397. The Morgan fingerprint density at radius 1 is 1.05 bits per heavy atom. The number of hydrogen-bond acceptors (Lipinski definition) is 4. The average molecular weight is 537 g/mol. The van der Waals surface area contributed by atoms with E-state index >= 15 is 0 Å². The minimum absolute atomic E-state index is 0.0397. The molecule has 3 heterocycles. The van der Waals surface area contributed by atoms with Crippen molar-refractivity contribution in [3.8, 4) is 11.3 Å². The highest BCUT2D eigenvalue weighted by Gasteiger charge is 2.47. The summed E-state index contributed by atoms with van der Waals surface area (Å²) in [4.78, 5) is 21.9. The molecule has 2 saturated heterocycles. The van der Waals surface area contributed by atoms with Gasteiger partial charge < -0.3 is 19.5 Å². The molecule has 2 aliphatic rings. The Morgan fingerprint density at radius 3 is 2.53 bits per heavy atom. The Morgan fingerprint density at radius 2 is 1.79 bits per heavy atom. The van der Waals surface area contributed by atoms with Crippen LogP contribution in [-0.2, 0) is 20.5 Å². The Kier molecular flexibility index (Phi) is 7.18. The van der Waals surface area contributed by atoms with Crippen molar-refractivity contribution in [2.24, 2.45) is 0 Å². The van der Waals surface area contributed by atoms with Crippen LogP contribution in [0.15, 0.2) is 47.4 Å². The highest BCUT2D eigenvalue weighted by atomic mass is 32.2. The van der Waals surface area contributed by atoms with Gasteiger partial charge in [0.1, 0.15) is 11.0 Å².